The molecule has 0 fully saturated rings. The summed E-state index contributed by atoms with van der Waals surface area (Å²) in [5.41, 5.74) is 6.47. The molecule has 2 unspecified atom stereocenters. The van der Waals surface area contributed by atoms with Crippen LogP contribution in [0.1, 0.15) is 35.7 Å². The molecule has 0 saturated carbocycles. The summed E-state index contributed by atoms with van der Waals surface area (Å²) in [6, 6.07) is 17.4. The standard InChI is InChI=1S/C20H21N3/c1-13-15-8-4-6-10-17(15)22-19(13)20-14(2)16-9-5-7-11-18(16)23(20)12-21-3/h4-12,14,20,22H,1-3H3. The molecular formula is C20H21N3. The van der Waals surface area contributed by atoms with E-state index in [2.05, 4.69) is 77.3 Å². The van der Waals surface area contributed by atoms with E-state index in [4.69, 9.17) is 0 Å². The molecule has 1 aliphatic rings. The van der Waals surface area contributed by atoms with E-state index in [1.165, 1.54) is 33.4 Å². The number of benzene rings is 2. The van der Waals surface area contributed by atoms with Crippen molar-refractivity contribution in [2.75, 3.05) is 11.9 Å². The fraction of sp³-hybridized carbons (Fsp3) is 0.250. The number of anilines is 1. The summed E-state index contributed by atoms with van der Waals surface area (Å²) >= 11 is 0. The Morgan fingerprint density at radius 1 is 1.09 bits per heavy atom. The minimum atomic E-state index is 0.253. The summed E-state index contributed by atoms with van der Waals surface area (Å²) in [4.78, 5) is 10.3. The third-order valence-electron chi connectivity index (χ3n) is 5.02. The summed E-state index contributed by atoms with van der Waals surface area (Å²) in [5, 5.41) is 1.30. The van der Waals surface area contributed by atoms with Gasteiger partial charge in [-0.1, -0.05) is 43.3 Å². The normalized spacial score (nSPS) is 20.6. The molecule has 1 aromatic heterocycles. The third-order valence-corrected chi connectivity index (χ3v) is 5.02. The van der Waals surface area contributed by atoms with Crippen LogP contribution in [0.25, 0.3) is 10.9 Å². The molecule has 1 N–H and O–H groups in total. The fourth-order valence-electron chi connectivity index (χ4n) is 3.91. The van der Waals surface area contributed by atoms with Crippen LogP contribution < -0.4 is 4.90 Å². The molecule has 0 aliphatic carbocycles. The first-order valence-electron chi connectivity index (χ1n) is 8.09. The highest BCUT2D eigenvalue weighted by atomic mass is 15.2. The molecule has 0 radical (unpaired) electrons. The van der Waals surface area contributed by atoms with Gasteiger partial charge in [-0.15, -0.1) is 0 Å². The lowest BCUT2D eigenvalue weighted by molar-refractivity contribution is 0.622. The van der Waals surface area contributed by atoms with Crippen LogP contribution in [0, 0.1) is 6.92 Å². The number of hydrogen-bond donors (Lipinski definition) is 1. The minimum Gasteiger partial charge on any atom is -0.356 e. The Kier molecular flexibility index (Phi) is 3.22. The van der Waals surface area contributed by atoms with Gasteiger partial charge in [0.15, 0.2) is 0 Å². The molecule has 2 atom stereocenters. The molecule has 116 valence electrons. The number of rotatable bonds is 2. The maximum atomic E-state index is 4.30. The van der Waals surface area contributed by atoms with Crippen molar-refractivity contribution in [1.82, 2.24) is 4.98 Å². The lowest BCUT2D eigenvalue weighted by atomic mass is 9.93. The second-order valence-electron chi connectivity index (χ2n) is 6.28. The number of nitrogens with zero attached hydrogens (tertiary/aromatic N) is 2. The molecule has 0 amide bonds. The van der Waals surface area contributed by atoms with Gasteiger partial charge in [0, 0.05) is 35.2 Å². The van der Waals surface area contributed by atoms with Crippen molar-refractivity contribution in [3.05, 3.63) is 65.4 Å². The zero-order chi connectivity index (χ0) is 16.0. The average molecular weight is 303 g/mol. The predicted octanol–water partition coefficient (Wildman–Crippen LogP) is 4.80. The molecule has 3 aromatic rings. The van der Waals surface area contributed by atoms with Gasteiger partial charge in [0.2, 0.25) is 0 Å². The van der Waals surface area contributed by atoms with Gasteiger partial charge in [-0.05, 0) is 30.2 Å². The number of para-hydroxylation sites is 2. The summed E-state index contributed by atoms with van der Waals surface area (Å²) in [6.45, 7) is 4.52. The van der Waals surface area contributed by atoms with Crippen molar-refractivity contribution >= 4 is 22.9 Å². The highest BCUT2D eigenvalue weighted by Gasteiger charge is 2.37. The second-order valence-corrected chi connectivity index (χ2v) is 6.28. The van der Waals surface area contributed by atoms with E-state index in [9.17, 15) is 0 Å². The van der Waals surface area contributed by atoms with Crippen LogP contribution >= 0.6 is 0 Å². The van der Waals surface area contributed by atoms with Crippen molar-refractivity contribution in [3.8, 4) is 0 Å². The van der Waals surface area contributed by atoms with E-state index < -0.39 is 0 Å². The van der Waals surface area contributed by atoms with Crippen LogP contribution in [-0.4, -0.2) is 18.4 Å². The monoisotopic (exact) mass is 303 g/mol. The SMILES string of the molecule is CN=CN1c2ccccc2C(C)C1c1[nH]c2ccccc2c1C. The maximum Gasteiger partial charge on any atom is 0.0897 e. The van der Waals surface area contributed by atoms with Crippen LogP contribution in [0.15, 0.2) is 53.5 Å². The molecule has 0 spiro atoms. The van der Waals surface area contributed by atoms with Gasteiger partial charge in [-0.25, -0.2) is 0 Å². The Bertz CT molecular complexity index is 891. The van der Waals surface area contributed by atoms with Crippen LogP contribution in [0.5, 0.6) is 0 Å². The summed E-state index contributed by atoms with van der Waals surface area (Å²) in [7, 11) is 1.83. The van der Waals surface area contributed by atoms with E-state index in [-0.39, 0.29) is 6.04 Å². The van der Waals surface area contributed by atoms with Crippen molar-refractivity contribution in [1.29, 1.82) is 0 Å². The summed E-state index contributed by atoms with van der Waals surface area (Å²) in [5.74, 6) is 0.413. The third kappa shape index (κ3) is 2.00. The predicted molar refractivity (Wildman–Crippen MR) is 97.5 cm³/mol. The number of aromatic amines is 1. The van der Waals surface area contributed by atoms with Crippen molar-refractivity contribution in [2.24, 2.45) is 4.99 Å². The Hall–Kier alpha value is -2.55. The van der Waals surface area contributed by atoms with Gasteiger partial charge >= 0.3 is 0 Å². The molecule has 3 nitrogen and oxygen atoms in total. The first kappa shape index (κ1) is 14.1. The number of H-pyrrole nitrogens is 1. The van der Waals surface area contributed by atoms with Gasteiger partial charge in [0.05, 0.1) is 12.4 Å². The van der Waals surface area contributed by atoms with Crippen LogP contribution in [-0.2, 0) is 0 Å². The van der Waals surface area contributed by atoms with E-state index in [0.29, 0.717) is 5.92 Å². The van der Waals surface area contributed by atoms with Crippen LogP contribution in [0.4, 0.5) is 5.69 Å². The quantitative estimate of drug-likeness (QED) is 0.535. The molecule has 23 heavy (non-hydrogen) atoms. The second kappa shape index (κ2) is 5.27. The first-order chi connectivity index (χ1) is 11.2. The molecule has 2 aromatic carbocycles. The fourth-order valence-corrected chi connectivity index (χ4v) is 3.91. The number of aryl methyl sites for hydroxylation is 1. The van der Waals surface area contributed by atoms with Gasteiger partial charge < -0.3 is 9.88 Å². The van der Waals surface area contributed by atoms with E-state index >= 15 is 0 Å². The average Bonchev–Trinajstić information content (AvgIpc) is 3.05. The molecule has 1 aliphatic heterocycles. The number of nitrogens with one attached hydrogen (secondary N) is 1. The molecule has 2 heterocycles. The Labute approximate surface area is 136 Å². The topological polar surface area (TPSA) is 31.4 Å². The summed E-state index contributed by atoms with van der Waals surface area (Å²) in [6.07, 6.45) is 1.96. The zero-order valence-electron chi connectivity index (χ0n) is 13.7. The highest BCUT2D eigenvalue weighted by molar-refractivity contribution is 5.88. The minimum absolute atomic E-state index is 0.253. The first-order valence-corrected chi connectivity index (χ1v) is 8.09. The molecule has 0 bridgehead atoms. The zero-order valence-corrected chi connectivity index (χ0v) is 13.7. The number of fused-ring (bicyclic) bond motifs is 2. The van der Waals surface area contributed by atoms with Crippen molar-refractivity contribution in [3.63, 3.8) is 0 Å². The number of aliphatic imine (C=N–C) groups is 1. The Morgan fingerprint density at radius 2 is 1.83 bits per heavy atom. The van der Waals surface area contributed by atoms with Crippen molar-refractivity contribution in [2.45, 2.75) is 25.8 Å². The largest absolute Gasteiger partial charge is 0.356 e. The molecular weight excluding hydrogens is 282 g/mol. The maximum absolute atomic E-state index is 4.30. The number of hydrogen-bond acceptors (Lipinski definition) is 1. The van der Waals surface area contributed by atoms with Gasteiger partial charge in [0.1, 0.15) is 0 Å². The van der Waals surface area contributed by atoms with E-state index in [1.54, 1.807) is 0 Å². The lowest BCUT2D eigenvalue weighted by Crippen LogP contribution is -2.25. The van der Waals surface area contributed by atoms with Crippen molar-refractivity contribution < 1.29 is 0 Å². The highest BCUT2D eigenvalue weighted by Crippen LogP contribution is 2.48. The smallest absolute Gasteiger partial charge is 0.0897 e. The lowest BCUT2D eigenvalue weighted by Gasteiger charge is -2.25. The van der Waals surface area contributed by atoms with Gasteiger partial charge in [-0.3, -0.25) is 4.99 Å². The van der Waals surface area contributed by atoms with Gasteiger partial charge in [-0.2, -0.15) is 0 Å². The van der Waals surface area contributed by atoms with E-state index in [1.807, 2.05) is 13.4 Å². The molecule has 0 saturated heterocycles. The van der Waals surface area contributed by atoms with E-state index in [0.717, 1.165) is 0 Å². The molecule has 4 rings (SSSR count). The summed E-state index contributed by atoms with van der Waals surface area (Å²) < 4.78 is 0. The van der Waals surface area contributed by atoms with Crippen LogP contribution in [0.3, 0.4) is 0 Å². The Balaban J connectivity index is 1.91. The molecule has 3 heteroatoms. The Morgan fingerprint density at radius 3 is 2.61 bits per heavy atom. The van der Waals surface area contributed by atoms with Gasteiger partial charge in [0.25, 0.3) is 0 Å². The van der Waals surface area contributed by atoms with Crippen LogP contribution in [0.2, 0.25) is 0 Å². The number of aromatic nitrogens is 1.